The van der Waals surface area contributed by atoms with Crippen molar-refractivity contribution in [3.8, 4) is 11.1 Å². The van der Waals surface area contributed by atoms with Crippen molar-refractivity contribution in [2.75, 3.05) is 0 Å². The second-order valence-corrected chi connectivity index (χ2v) is 9.20. The lowest BCUT2D eigenvalue weighted by Crippen LogP contribution is -1.90. The molecule has 0 spiro atoms. The maximum atomic E-state index is 2.49. The quantitative estimate of drug-likeness (QED) is 0.241. The van der Waals surface area contributed by atoms with Crippen LogP contribution in [0.5, 0.6) is 0 Å². The summed E-state index contributed by atoms with van der Waals surface area (Å²) < 4.78 is 0. The molecule has 1 aliphatic carbocycles. The van der Waals surface area contributed by atoms with E-state index in [1.807, 2.05) is 0 Å². The minimum absolute atomic E-state index is 1.14. The fraction of sp³-hybridized carbons (Fsp3) is 0.586. The van der Waals surface area contributed by atoms with Crippen LogP contribution in [0, 0.1) is 0 Å². The lowest BCUT2D eigenvalue weighted by atomic mass is 9.98. The highest BCUT2D eigenvalue weighted by molar-refractivity contribution is 5.77. The van der Waals surface area contributed by atoms with Crippen LogP contribution in [0.25, 0.3) is 11.1 Å². The molecule has 158 valence electrons. The number of hydrogen-bond donors (Lipinski definition) is 0. The van der Waals surface area contributed by atoms with Gasteiger partial charge in [-0.05, 0) is 65.5 Å². The van der Waals surface area contributed by atoms with Crippen molar-refractivity contribution >= 4 is 0 Å². The Labute approximate surface area is 180 Å². The second kappa shape index (κ2) is 12.2. The van der Waals surface area contributed by atoms with Crippen molar-refractivity contribution in [2.45, 2.75) is 110 Å². The van der Waals surface area contributed by atoms with Gasteiger partial charge in [-0.2, -0.15) is 0 Å². The van der Waals surface area contributed by atoms with Crippen LogP contribution in [0.15, 0.2) is 36.4 Å². The largest absolute Gasteiger partial charge is 0.0654 e. The number of aryl methyl sites for hydroxylation is 2. The third-order valence-electron chi connectivity index (χ3n) is 6.65. The topological polar surface area (TPSA) is 0 Å². The molecular formula is C29H42. The molecule has 0 unspecified atom stereocenters. The molecule has 0 saturated carbocycles. The molecule has 0 saturated heterocycles. The van der Waals surface area contributed by atoms with Crippen LogP contribution in [0.2, 0.25) is 0 Å². The molecule has 0 heteroatoms. The van der Waals surface area contributed by atoms with Gasteiger partial charge in [0.2, 0.25) is 0 Å². The SMILES string of the molecule is CCCCCCCCc1ccc2c(c1)Cc1cc(CCCCCCCC)ccc1-2. The Balaban J connectivity index is 1.48. The van der Waals surface area contributed by atoms with E-state index in [-0.39, 0.29) is 0 Å². The summed E-state index contributed by atoms with van der Waals surface area (Å²) in [6.07, 6.45) is 20.2. The molecule has 0 amide bonds. The molecular weight excluding hydrogens is 348 g/mol. The highest BCUT2D eigenvalue weighted by atomic mass is 14.2. The maximum Gasteiger partial charge on any atom is -0.00133 e. The van der Waals surface area contributed by atoms with Crippen molar-refractivity contribution in [3.05, 3.63) is 58.7 Å². The van der Waals surface area contributed by atoms with Gasteiger partial charge in [-0.25, -0.2) is 0 Å². The van der Waals surface area contributed by atoms with E-state index in [1.54, 1.807) is 22.3 Å². The monoisotopic (exact) mass is 390 g/mol. The van der Waals surface area contributed by atoms with Gasteiger partial charge in [0.1, 0.15) is 0 Å². The zero-order chi connectivity index (χ0) is 20.3. The van der Waals surface area contributed by atoms with E-state index < -0.39 is 0 Å². The molecule has 0 N–H and O–H groups in total. The van der Waals surface area contributed by atoms with Crippen LogP contribution in [-0.4, -0.2) is 0 Å². The summed E-state index contributed by atoms with van der Waals surface area (Å²) in [6, 6.07) is 14.5. The summed E-state index contributed by atoms with van der Waals surface area (Å²) in [5, 5.41) is 0. The van der Waals surface area contributed by atoms with E-state index >= 15 is 0 Å². The van der Waals surface area contributed by atoms with Crippen molar-refractivity contribution in [1.29, 1.82) is 0 Å². The second-order valence-electron chi connectivity index (χ2n) is 9.20. The van der Waals surface area contributed by atoms with Gasteiger partial charge >= 0.3 is 0 Å². The number of rotatable bonds is 14. The lowest BCUT2D eigenvalue weighted by molar-refractivity contribution is 0.607. The van der Waals surface area contributed by atoms with E-state index in [1.165, 1.54) is 101 Å². The lowest BCUT2D eigenvalue weighted by Gasteiger charge is -2.07. The van der Waals surface area contributed by atoms with Crippen molar-refractivity contribution in [3.63, 3.8) is 0 Å². The third-order valence-corrected chi connectivity index (χ3v) is 6.65. The van der Waals surface area contributed by atoms with Crippen LogP contribution < -0.4 is 0 Å². The number of benzene rings is 2. The van der Waals surface area contributed by atoms with Gasteiger partial charge in [0.05, 0.1) is 0 Å². The highest BCUT2D eigenvalue weighted by Crippen LogP contribution is 2.38. The first-order valence-corrected chi connectivity index (χ1v) is 12.6. The number of hydrogen-bond acceptors (Lipinski definition) is 0. The molecule has 1 aliphatic rings. The van der Waals surface area contributed by atoms with Crippen LogP contribution >= 0.6 is 0 Å². The standard InChI is InChI=1S/C29H42/c1-3-5-7-9-11-13-15-24-17-19-28-26(21-24)23-27-22-25(18-20-29(27)28)16-14-12-10-8-6-4-2/h17-22H,3-16,23H2,1-2H3. The fourth-order valence-electron chi connectivity index (χ4n) is 4.85. The summed E-state index contributed by atoms with van der Waals surface area (Å²) in [5.41, 5.74) is 9.16. The zero-order valence-corrected chi connectivity index (χ0v) is 19.1. The summed E-state index contributed by atoms with van der Waals surface area (Å²) in [4.78, 5) is 0. The smallest absolute Gasteiger partial charge is 0.00133 e. The van der Waals surface area contributed by atoms with Crippen LogP contribution in [0.1, 0.15) is 113 Å². The Morgan fingerprint density at radius 2 is 0.931 bits per heavy atom. The minimum Gasteiger partial charge on any atom is -0.0654 e. The van der Waals surface area contributed by atoms with Gasteiger partial charge in [-0.15, -0.1) is 0 Å². The molecule has 3 rings (SSSR count). The first kappa shape index (κ1) is 22.1. The molecule has 0 fully saturated rings. The van der Waals surface area contributed by atoms with E-state index in [4.69, 9.17) is 0 Å². The molecule has 0 radical (unpaired) electrons. The molecule has 2 aromatic rings. The third kappa shape index (κ3) is 6.73. The molecule has 0 bridgehead atoms. The van der Waals surface area contributed by atoms with E-state index in [2.05, 4.69) is 50.2 Å². The fourth-order valence-corrected chi connectivity index (χ4v) is 4.85. The molecule has 0 heterocycles. The zero-order valence-electron chi connectivity index (χ0n) is 19.1. The molecule has 0 atom stereocenters. The van der Waals surface area contributed by atoms with Gasteiger partial charge < -0.3 is 0 Å². The Bertz CT molecular complexity index is 676. The molecule has 29 heavy (non-hydrogen) atoms. The molecule has 0 aliphatic heterocycles. The number of unbranched alkanes of at least 4 members (excludes halogenated alkanes) is 10. The Kier molecular flexibility index (Phi) is 9.32. The van der Waals surface area contributed by atoms with Crippen molar-refractivity contribution in [2.24, 2.45) is 0 Å². The highest BCUT2D eigenvalue weighted by Gasteiger charge is 2.18. The maximum absolute atomic E-state index is 2.49. The first-order valence-electron chi connectivity index (χ1n) is 12.6. The summed E-state index contributed by atoms with van der Waals surface area (Å²) in [7, 11) is 0. The van der Waals surface area contributed by atoms with Gasteiger partial charge in [0.25, 0.3) is 0 Å². The summed E-state index contributed by atoms with van der Waals surface area (Å²) in [5.74, 6) is 0. The molecule has 2 aromatic carbocycles. The van der Waals surface area contributed by atoms with Crippen LogP contribution in [-0.2, 0) is 19.3 Å². The van der Waals surface area contributed by atoms with Gasteiger partial charge in [-0.3, -0.25) is 0 Å². The molecule has 0 nitrogen and oxygen atoms in total. The predicted octanol–water partition coefficient (Wildman–Crippen LogP) is 9.06. The summed E-state index contributed by atoms with van der Waals surface area (Å²) in [6.45, 7) is 4.58. The summed E-state index contributed by atoms with van der Waals surface area (Å²) >= 11 is 0. The van der Waals surface area contributed by atoms with Crippen LogP contribution in [0.4, 0.5) is 0 Å². The normalized spacial score (nSPS) is 12.2. The van der Waals surface area contributed by atoms with Crippen molar-refractivity contribution in [1.82, 2.24) is 0 Å². The Morgan fingerprint density at radius 1 is 0.517 bits per heavy atom. The van der Waals surface area contributed by atoms with Gasteiger partial charge in [0, 0.05) is 0 Å². The van der Waals surface area contributed by atoms with E-state index in [9.17, 15) is 0 Å². The predicted molar refractivity (Wildman–Crippen MR) is 129 cm³/mol. The van der Waals surface area contributed by atoms with Gasteiger partial charge in [-0.1, -0.05) is 114 Å². The van der Waals surface area contributed by atoms with Crippen LogP contribution in [0.3, 0.4) is 0 Å². The Morgan fingerprint density at radius 3 is 1.38 bits per heavy atom. The minimum atomic E-state index is 1.14. The Hall–Kier alpha value is -1.56. The van der Waals surface area contributed by atoms with E-state index in [0.717, 1.165) is 6.42 Å². The number of fused-ring (bicyclic) bond motifs is 3. The first-order chi connectivity index (χ1) is 14.3. The average molecular weight is 391 g/mol. The molecule has 0 aromatic heterocycles. The average Bonchev–Trinajstić information content (AvgIpc) is 3.10. The van der Waals surface area contributed by atoms with Crippen molar-refractivity contribution < 1.29 is 0 Å². The van der Waals surface area contributed by atoms with E-state index in [0.29, 0.717) is 0 Å². The van der Waals surface area contributed by atoms with Gasteiger partial charge in [0.15, 0.2) is 0 Å².